The molecule has 4 nitrogen and oxygen atoms in total. The van der Waals surface area contributed by atoms with E-state index in [-0.39, 0.29) is 11.5 Å². The van der Waals surface area contributed by atoms with Gasteiger partial charge in [0.05, 0.1) is 22.5 Å². The third kappa shape index (κ3) is 2.97. The van der Waals surface area contributed by atoms with Crippen molar-refractivity contribution in [3.8, 4) is 0 Å². The van der Waals surface area contributed by atoms with E-state index in [0.717, 1.165) is 5.56 Å². The van der Waals surface area contributed by atoms with E-state index in [4.69, 9.17) is 28.9 Å². The molecule has 0 aliphatic carbocycles. The van der Waals surface area contributed by atoms with Crippen LogP contribution < -0.4 is 11.1 Å². The van der Waals surface area contributed by atoms with Crippen molar-refractivity contribution in [1.82, 2.24) is 4.98 Å². The summed E-state index contributed by atoms with van der Waals surface area (Å²) in [6.07, 6.45) is 1.47. The predicted octanol–water partition coefficient (Wildman–Crippen LogP) is 3.53. The van der Waals surface area contributed by atoms with Gasteiger partial charge in [-0.15, -0.1) is 0 Å². The number of anilines is 2. The molecule has 19 heavy (non-hydrogen) atoms. The van der Waals surface area contributed by atoms with Crippen LogP contribution in [0, 0.1) is 6.92 Å². The number of pyridine rings is 1. The van der Waals surface area contributed by atoms with Crippen LogP contribution >= 0.6 is 23.2 Å². The van der Waals surface area contributed by atoms with Crippen molar-refractivity contribution < 1.29 is 4.79 Å². The number of aromatic nitrogens is 1. The van der Waals surface area contributed by atoms with E-state index in [9.17, 15) is 4.79 Å². The van der Waals surface area contributed by atoms with E-state index in [2.05, 4.69) is 10.3 Å². The first kappa shape index (κ1) is 13.6. The predicted molar refractivity (Wildman–Crippen MR) is 77.8 cm³/mol. The van der Waals surface area contributed by atoms with Gasteiger partial charge in [0.25, 0.3) is 5.91 Å². The number of amides is 1. The lowest BCUT2D eigenvalue weighted by molar-refractivity contribution is 0.102. The third-order valence-electron chi connectivity index (χ3n) is 2.55. The van der Waals surface area contributed by atoms with Crippen LogP contribution in [0.4, 0.5) is 11.4 Å². The molecular weight excluding hydrogens is 285 g/mol. The van der Waals surface area contributed by atoms with Crippen molar-refractivity contribution in [2.75, 3.05) is 11.1 Å². The Balaban J connectivity index is 2.28. The van der Waals surface area contributed by atoms with Gasteiger partial charge in [-0.05, 0) is 30.7 Å². The van der Waals surface area contributed by atoms with E-state index in [1.54, 1.807) is 31.2 Å². The number of nitrogens with zero attached hydrogens (tertiary/aromatic N) is 1. The fourth-order valence-electron chi connectivity index (χ4n) is 1.60. The molecule has 0 radical (unpaired) electrons. The van der Waals surface area contributed by atoms with Crippen molar-refractivity contribution in [3.63, 3.8) is 0 Å². The van der Waals surface area contributed by atoms with E-state index in [0.29, 0.717) is 21.6 Å². The molecule has 0 spiro atoms. The Bertz CT molecular complexity index is 624. The second-order valence-electron chi connectivity index (χ2n) is 3.99. The summed E-state index contributed by atoms with van der Waals surface area (Å²) >= 11 is 11.8. The first-order valence-electron chi connectivity index (χ1n) is 5.46. The minimum absolute atomic E-state index is 0.247. The average molecular weight is 296 g/mol. The van der Waals surface area contributed by atoms with E-state index >= 15 is 0 Å². The number of halogens is 2. The lowest BCUT2D eigenvalue weighted by atomic mass is 10.1. The first-order chi connectivity index (χ1) is 8.99. The second kappa shape index (κ2) is 5.47. The molecule has 1 aromatic carbocycles. The molecule has 0 atom stereocenters. The van der Waals surface area contributed by atoms with Crippen LogP contribution in [0.1, 0.15) is 15.9 Å². The maximum Gasteiger partial charge on any atom is 0.259 e. The number of rotatable bonds is 2. The molecule has 0 aliphatic rings. The van der Waals surface area contributed by atoms with E-state index in [1.165, 1.54) is 6.20 Å². The number of nitrogen functional groups attached to an aromatic ring is 1. The van der Waals surface area contributed by atoms with Crippen LogP contribution in [0.2, 0.25) is 10.2 Å². The topological polar surface area (TPSA) is 68.0 Å². The summed E-state index contributed by atoms with van der Waals surface area (Å²) in [5.74, 6) is -0.383. The summed E-state index contributed by atoms with van der Waals surface area (Å²) in [6, 6.07) is 6.63. The summed E-state index contributed by atoms with van der Waals surface area (Å²) in [6.45, 7) is 1.80. The van der Waals surface area contributed by atoms with E-state index in [1.807, 2.05) is 0 Å². The number of hydrogen-bond acceptors (Lipinski definition) is 3. The Morgan fingerprint density at radius 2 is 2.11 bits per heavy atom. The smallest absolute Gasteiger partial charge is 0.259 e. The maximum atomic E-state index is 12.1. The molecule has 0 bridgehead atoms. The van der Waals surface area contributed by atoms with Gasteiger partial charge >= 0.3 is 0 Å². The lowest BCUT2D eigenvalue weighted by Crippen LogP contribution is -2.15. The molecule has 0 saturated heterocycles. The first-order valence-corrected chi connectivity index (χ1v) is 6.22. The largest absolute Gasteiger partial charge is 0.398 e. The molecule has 3 N–H and O–H groups in total. The summed E-state index contributed by atoms with van der Waals surface area (Å²) in [5.41, 5.74) is 7.62. The highest BCUT2D eigenvalue weighted by atomic mass is 35.5. The van der Waals surface area contributed by atoms with Crippen molar-refractivity contribution in [2.24, 2.45) is 0 Å². The van der Waals surface area contributed by atoms with Crippen LogP contribution in [-0.4, -0.2) is 10.9 Å². The highest BCUT2D eigenvalue weighted by Gasteiger charge is 2.14. The summed E-state index contributed by atoms with van der Waals surface area (Å²) in [5, 5.41) is 3.38. The highest BCUT2D eigenvalue weighted by Crippen LogP contribution is 2.23. The van der Waals surface area contributed by atoms with Crippen LogP contribution in [0.5, 0.6) is 0 Å². The molecule has 0 unspecified atom stereocenters. The zero-order valence-electron chi connectivity index (χ0n) is 10.1. The van der Waals surface area contributed by atoms with Gasteiger partial charge in [-0.25, -0.2) is 4.98 Å². The number of carbonyl (C=O) groups is 1. The van der Waals surface area contributed by atoms with Gasteiger partial charge in [0.2, 0.25) is 0 Å². The quantitative estimate of drug-likeness (QED) is 0.658. The highest BCUT2D eigenvalue weighted by molar-refractivity contribution is 6.35. The number of aryl methyl sites for hydroxylation is 1. The summed E-state index contributed by atoms with van der Waals surface area (Å²) in [4.78, 5) is 16.1. The van der Waals surface area contributed by atoms with Gasteiger partial charge < -0.3 is 11.1 Å². The molecule has 98 valence electrons. The minimum atomic E-state index is -0.383. The van der Waals surface area contributed by atoms with Crippen LogP contribution in [0.3, 0.4) is 0 Å². The summed E-state index contributed by atoms with van der Waals surface area (Å²) < 4.78 is 0. The fraction of sp³-hybridized carbons (Fsp3) is 0.0769. The van der Waals surface area contributed by atoms with Gasteiger partial charge in [-0.1, -0.05) is 29.3 Å². The Morgan fingerprint density at radius 1 is 1.37 bits per heavy atom. The third-order valence-corrected chi connectivity index (χ3v) is 3.26. The number of nitrogens with one attached hydrogen (secondary N) is 1. The SMILES string of the molecule is Cc1cc(NC(=O)c2c(N)cccc2Cl)cnc1Cl. The average Bonchev–Trinajstić information content (AvgIpc) is 2.33. The van der Waals surface area contributed by atoms with Crippen LogP contribution in [-0.2, 0) is 0 Å². The monoisotopic (exact) mass is 295 g/mol. The van der Waals surface area contributed by atoms with Gasteiger partial charge in [-0.2, -0.15) is 0 Å². The number of hydrogen-bond donors (Lipinski definition) is 2. The number of carbonyl (C=O) groups excluding carboxylic acids is 1. The fourth-order valence-corrected chi connectivity index (χ4v) is 1.97. The zero-order chi connectivity index (χ0) is 14.0. The number of nitrogens with two attached hydrogens (primary N) is 1. The van der Waals surface area contributed by atoms with Gasteiger partial charge in [0.1, 0.15) is 5.15 Å². The van der Waals surface area contributed by atoms with Crippen molar-refractivity contribution in [2.45, 2.75) is 6.92 Å². The molecule has 0 saturated carbocycles. The Kier molecular flexibility index (Phi) is 3.93. The van der Waals surface area contributed by atoms with Crippen LogP contribution in [0.25, 0.3) is 0 Å². The van der Waals surface area contributed by atoms with E-state index < -0.39 is 0 Å². The second-order valence-corrected chi connectivity index (χ2v) is 4.76. The molecule has 1 heterocycles. The molecule has 0 aliphatic heterocycles. The Morgan fingerprint density at radius 3 is 2.74 bits per heavy atom. The lowest BCUT2D eigenvalue weighted by Gasteiger charge is -2.09. The van der Waals surface area contributed by atoms with Crippen molar-refractivity contribution in [1.29, 1.82) is 0 Å². The normalized spacial score (nSPS) is 10.3. The zero-order valence-corrected chi connectivity index (χ0v) is 11.6. The molecule has 2 aromatic rings. The standard InChI is InChI=1S/C13H11Cl2N3O/c1-7-5-8(6-17-12(7)15)18-13(19)11-9(14)3-2-4-10(11)16/h2-6H,16H2,1H3,(H,18,19). The molecule has 2 rings (SSSR count). The minimum Gasteiger partial charge on any atom is -0.398 e. The molecular formula is C13H11Cl2N3O. The van der Waals surface area contributed by atoms with Gasteiger partial charge in [0, 0.05) is 5.69 Å². The number of benzene rings is 1. The Labute approximate surface area is 120 Å². The molecule has 1 aromatic heterocycles. The Hall–Kier alpha value is -1.78. The van der Waals surface area contributed by atoms with Gasteiger partial charge in [-0.3, -0.25) is 4.79 Å². The summed E-state index contributed by atoms with van der Waals surface area (Å²) in [7, 11) is 0. The molecule has 6 heteroatoms. The molecule has 1 amide bonds. The van der Waals surface area contributed by atoms with Crippen LogP contribution in [0.15, 0.2) is 30.5 Å². The molecule has 0 fully saturated rings. The van der Waals surface area contributed by atoms with Gasteiger partial charge in [0.15, 0.2) is 0 Å². The van der Waals surface area contributed by atoms with Crippen molar-refractivity contribution >= 4 is 40.5 Å². The van der Waals surface area contributed by atoms with Crippen molar-refractivity contribution in [3.05, 3.63) is 51.8 Å². The maximum absolute atomic E-state index is 12.1.